The van der Waals surface area contributed by atoms with Crippen LogP contribution in [0.3, 0.4) is 0 Å². The van der Waals surface area contributed by atoms with Crippen LogP contribution < -0.4 is 16.0 Å². The van der Waals surface area contributed by atoms with Crippen LogP contribution in [0.25, 0.3) is 0 Å². The predicted octanol–water partition coefficient (Wildman–Crippen LogP) is 2.88. The molecule has 1 heterocycles. The first-order valence-electron chi connectivity index (χ1n) is 8.38. The number of carbonyl (C=O) groups is 2. The molecular weight excluding hydrogens is 326 g/mol. The lowest BCUT2D eigenvalue weighted by Gasteiger charge is -2.24. The zero-order chi connectivity index (χ0) is 16.8. The molecule has 134 valence electrons. The van der Waals surface area contributed by atoms with Crippen molar-refractivity contribution in [3.8, 4) is 0 Å². The molecule has 0 bridgehead atoms. The van der Waals surface area contributed by atoms with E-state index < -0.39 is 0 Å². The Hall–Kier alpha value is -1.59. The van der Waals surface area contributed by atoms with Crippen molar-refractivity contribution in [3.05, 3.63) is 29.3 Å². The van der Waals surface area contributed by atoms with E-state index in [1.165, 1.54) is 0 Å². The van der Waals surface area contributed by atoms with Crippen LogP contribution in [0.15, 0.2) is 18.2 Å². The monoisotopic (exact) mass is 353 g/mol. The number of hydrogen-bond acceptors (Lipinski definition) is 3. The third-order valence-corrected chi connectivity index (χ3v) is 3.99. The lowest BCUT2D eigenvalue weighted by molar-refractivity contribution is -0.116. The molecule has 1 fully saturated rings. The molecule has 1 saturated heterocycles. The maximum Gasteiger partial charge on any atom is 0.251 e. The second-order valence-corrected chi connectivity index (χ2v) is 6.69. The normalized spacial score (nSPS) is 17.1. The molecule has 0 saturated carbocycles. The molecule has 2 rings (SSSR count). The highest BCUT2D eigenvalue weighted by Crippen LogP contribution is 2.18. The third kappa shape index (κ3) is 6.13. The molecule has 1 aliphatic rings. The highest BCUT2D eigenvalue weighted by molar-refractivity contribution is 5.96. The van der Waals surface area contributed by atoms with E-state index in [2.05, 4.69) is 16.0 Å². The average molecular weight is 354 g/mol. The van der Waals surface area contributed by atoms with Gasteiger partial charge >= 0.3 is 0 Å². The predicted molar refractivity (Wildman–Crippen MR) is 99.9 cm³/mol. The number of piperidine rings is 1. The summed E-state index contributed by atoms with van der Waals surface area (Å²) < 4.78 is 0. The van der Waals surface area contributed by atoms with Gasteiger partial charge in [-0.2, -0.15) is 0 Å². The Labute approximate surface area is 150 Å². The number of halogens is 1. The summed E-state index contributed by atoms with van der Waals surface area (Å²) in [7, 11) is 0. The molecule has 1 atom stereocenters. The van der Waals surface area contributed by atoms with E-state index in [1.54, 1.807) is 6.07 Å². The first kappa shape index (κ1) is 20.5. The SMILES string of the molecule is Cc1cc(C(=O)N[C@H]2CCCNC2)ccc1NC(=O)CC(C)C.Cl. The first-order valence-corrected chi connectivity index (χ1v) is 8.38. The Kier molecular flexibility index (Phi) is 8.22. The molecule has 2 amide bonds. The second kappa shape index (κ2) is 9.64. The summed E-state index contributed by atoms with van der Waals surface area (Å²) in [5.41, 5.74) is 2.30. The van der Waals surface area contributed by atoms with Crippen molar-refractivity contribution >= 4 is 29.9 Å². The molecule has 0 aromatic heterocycles. The van der Waals surface area contributed by atoms with Crippen LogP contribution in [0.2, 0.25) is 0 Å². The van der Waals surface area contributed by atoms with Gasteiger partial charge in [0, 0.05) is 30.3 Å². The van der Waals surface area contributed by atoms with Crippen LogP contribution in [0, 0.1) is 12.8 Å². The van der Waals surface area contributed by atoms with Gasteiger partial charge in [0.2, 0.25) is 5.91 Å². The number of amides is 2. The summed E-state index contributed by atoms with van der Waals surface area (Å²) in [5.74, 6) is 0.278. The summed E-state index contributed by atoms with van der Waals surface area (Å²) in [6.45, 7) is 7.79. The molecule has 0 aliphatic carbocycles. The second-order valence-electron chi connectivity index (χ2n) is 6.69. The average Bonchev–Trinajstić information content (AvgIpc) is 2.49. The zero-order valence-corrected chi connectivity index (χ0v) is 15.5. The lowest BCUT2D eigenvalue weighted by Crippen LogP contribution is -2.45. The molecule has 0 unspecified atom stereocenters. The fourth-order valence-corrected chi connectivity index (χ4v) is 2.76. The van der Waals surface area contributed by atoms with Gasteiger partial charge in [-0.15, -0.1) is 12.4 Å². The molecule has 1 aromatic carbocycles. The van der Waals surface area contributed by atoms with Crippen molar-refractivity contribution in [2.24, 2.45) is 5.92 Å². The van der Waals surface area contributed by atoms with E-state index in [1.807, 2.05) is 32.9 Å². The van der Waals surface area contributed by atoms with E-state index in [9.17, 15) is 9.59 Å². The van der Waals surface area contributed by atoms with Crippen molar-refractivity contribution < 1.29 is 9.59 Å². The Morgan fingerprint density at radius 1 is 1.33 bits per heavy atom. The molecule has 5 nitrogen and oxygen atoms in total. The number of benzene rings is 1. The molecule has 6 heteroatoms. The van der Waals surface area contributed by atoms with Crippen LogP contribution in [0.5, 0.6) is 0 Å². The maximum absolute atomic E-state index is 12.3. The number of aryl methyl sites for hydroxylation is 1. The summed E-state index contributed by atoms with van der Waals surface area (Å²) in [6.07, 6.45) is 2.60. The standard InChI is InChI=1S/C18H27N3O2.ClH/c1-12(2)9-17(22)21-16-7-6-14(10-13(16)3)18(23)20-15-5-4-8-19-11-15;/h6-7,10,12,15,19H,4-5,8-9,11H2,1-3H3,(H,20,23)(H,21,22);1H/t15-;/m0./s1. The van der Waals surface area contributed by atoms with Crippen molar-refractivity contribution in [2.45, 2.75) is 46.1 Å². The van der Waals surface area contributed by atoms with Crippen molar-refractivity contribution in [2.75, 3.05) is 18.4 Å². The molecule has 0 spiro atoms. The van der Waals surface area contributed by atoms with Crippen molar-refractivity contribution in [1.82, 2.24) is 10.6 Å². The van der Waals surface area contributed by atoms with Crippen LogP contribution in [0.1, 0.15) is 49.0 Å². The minimum Gasteiger partial charge on any atom is -0.348 e. The fraction of sp³-hybridized carbons (Fsp3) is 0.556. The summed E-state index contributed by atoms with van der Waals surface area (Å²) in [4.78, 5) is 24.2. The fourth-order valence-electron chi connectivity index (χ4n) is 2.76. The van der Waals surface area contributed by atoms with Crippen LogP contribution >= 0.6 is 12.4 Å². The third-order valence-electron chi connectivity index (χ3n) is 3.99. The Morgan fingerprint density at radius 3 is 2.67 bits per heavy atom. The quantitative estimate of drug-likeness (QED) is 0.762. The topological polar surface area (TPSA) is 70.2 Å². The smallest absolute Gasteiger partial charge is 0.251 e. The van der Waals surface area contributed by atoms with E-state index >= 15 is 0 Å². The molecule has 24 heavy (non-hydrogen) atoms. The zero-order valence-electron chi connectivity index (χ0n) is 14.6. The summed E-state index contributed by atoms with van der Waals surface area (Å²) in [5, 5.41) is 9.26. The van der Waals surface area contributed by atoms with Gasteiger partial charge in [-0.05, 0) is 56.0 Å². The van der Waals surface area contributed by atoms with E-state index in [0.29, 0.717) is 17.9 Å². The maximum atomic E-state index is 12.3. The molecule has 0 radical (unpaired) electrons. The van der Waals surface area contributed by atoms with E-state index in [-0.39, 0.29) is 30.3 Å². The van der Waals surface area contributed by atoms with Crippen LogP contribution in [-0.2, 0) is 4.79 Å². The minimum absolute atomic E-state index is 0. The van der Waals surface area contributed by atoms with Crippen LogP contribution in [0.4, 0.5) is 5.69 Å². The number of hydrogen-bond donors (Lipinski definition) is 3. The van der Waals surface area contributed by atoms with Gasteiger partial charge in [-0.1, -0.05) is 13.8 Å². The van der Waals surface area contributed by atoms with Gasteiger partial charge in [0.15, 0.2) is 0 Å². The Morgan fingerprint density at radius 2 is 2.08 bits per heavy atom. The summed E-state index contributed by atoms with van der Waals surface area (Å²) in [6, 6.07) is 5.60. The molecule has 1 aromatic rings. The molecule has 1 aliphatic heterocycles. The van der Waals surface area contributed by atoms with Crippen molar-refractivity contribution in [1.29, 1.82) is 0 Å². The van der Waals surface area contributed by atoms with Gasteiger partial charge < -0.3 is 16.0 Å². The number of rotatable bonds is 5. The highest BCUT2D eigenvalue weighted by atomic mass is 35.5. The Balaban J connectivity index is 0.00000288. The van der Waals surface area contributed by atoms with Gasteiger partial charge in [0.25, 0.3) is 5.91 Å². The number of carbonyl (C=O) groups excluding carboxylic acids is 2. The minimum atomic E-state index is -0.0538. The first-order chi connectivity index (χ1) is 11.0. The van der Waals surface area contributed by atoms with E-state index in [4.69, 9.17) is 0 Å². The van der Waals surface area contributed by atoms with Gasteiger partial charge in [-0.25, -0.2) is 0 Å². The number of anilines is 1. The van der Waals surface area contributed by atoms with Crippen molar-refractivity contribution in [3.63, 3.8) is 0 Å². The van der Waals surface area contributed by atoms with Gasteiger partial charge in [0.05, 0.1) is 0 Å². The molecular formula is C18H28ClN3O2. The largest absolute Gasteiger partial charge is 0.348 e. The summed E-state index contributed by atoms with van der Waals surface area (Å²) >= 11 is 0. The lowest BCUT2D eigenvalue weighted by atomic mass is 10.1. The Bertz CT molecular complexity index is 569. The van der Waals surface area contributed by atoms with Crippen LogP contribution in [-0.4, -0.2) is 30.9 Å². The number of nitrogens with one attached hydrogen (secondary N) is 3. The van der Waals surface area contributed by atoms with Gasteiger partial charge in [0.1, 0.15) is 0 Å². The molecule has 3 N–H and O–H groups in total. The highest BCUT2D eigenvalue weighted by Gasteiger charge is 2.17. The van der Waals surface area contributed by atoms with Gasteiger partial charge in [-0.3, -0.25) is 9.59 Å². The van der Waals surface area contributed by atoms with E-state index in [0.717, 1.165) is 37.2 Å².